The van der Waals surface area contributed by atoms with Gasteiger partial charge < -0.3 is 20.3 Å². The number of morpholine rings is 1. The minimum Gasteiger partial charge on any atom is -0.366 e. The van der Waals surface area contributed by atoms with E-state index in [4.69, 9.17) is 4.74 Å². The number of ether oxygens (including phenoxy) is 1. The van der Waals surface area contributed by atoms with Crippen LogP contribution in [0.4, 0.5) is 0 Å². The van der Waals surface area contributed by atoms with Crippen LogP contribution in [-0.4, -0.2) is 62.8 Å². The third-order valence-corrected chi connectivity index (χ3v) is 3.82. The number of nitrogens with one attached hydrogen (secondary N) is 2. The van der Waals surface area contributed by atoms with Crippen LogP contribution in [0.2, 0.25) is 0 Å². The molecule has 2 N–H and O–H groups in total. The summed E-state index contributed by atoms with van der Waals surface area (Å²) in [5, 5.41) is 6.13. The molecule has 1 amide bonds. The molecule has 1 unspecified atom stereocenters. The van der Waals surface area contributed by atoms with Crippen LogP contribution >= 0.6 is 0 Å². The molecule has 0 spiro atoms. The molecule has 2 heterocycles. The lowest BCUT2D eigenvalue weighted by Gasteiger charge is -2.30. The van der Waals surface area contributed by atoms with Gasteiger partial charge >= 0.3 is 0 Å². The van der Waals surface area contributed by atoms with Crippen molar-refractivity contribution in [3.05, 3.63) is 0 Å². The first kappa shape index (κ1) is 13.8. The Bertz CT molecular complexity index is 259. The molecule has 2 fully saturated rings. The summed E-state index contributed by atoms with van der Waals surface area (Å²) in [6.45, 7) is 8.43. The van der Waals surface area contributed by atoms with E-state index >= 15 is 0 Å². The van der Waals surface area contributed by atoms with Gasteiger partial charge in [-0.3, -0.25) is 4.79 Å². The molecule has 0 radical (unpaired) electrons. The molecule has 0 aromatic heterocycles. The minimum absolute atomic E-state index is 0.0209. The molecule has 2 aliphatic rings. The SMILES string of the molecule is CC1CCN(CCNC(=O)C2CNCCO2)CC1. The Morgan fingerprint density at radius 2 is 2.22 bits per heavy atom. The number of likely N-dealkylation sites (tertiary alicyclic amines) is 1. The van der Waals surface area contributed by atoms with Gasteiger partial charge in [-0.25, -0.2) is 0 Å². The van der Waals surface area contributed by atoms with E-state index in [1.807, 2.05) is 0 Å². The van der Waals surface area contributed by atoms with E-state index in [-0.39, 0.29) is 12.0 Å². The highest BCUT2D eigenvalue weighted by Crippen LogP contribution is 2.15. The summed E-state index contributed by atoms with van der Waals surface area (Å²) in [6, 6.07) is 0. The second-order valence-corrected chi connectivity index (χ2v) is 5.38. The monoisotopic (exact) mass is 255 g/mol. The minimum atomic E-state index is -0.305. The smallest absolute Gasteiger partial charge is 0.250 e. The van der Waals surface area contributed by atoms with Crippen molar-refractivity contribution in [1.82, 2.24) is 15.5 Å². The van der Waals surface area contributed by atoms with Crippen molar-refractivity contribution in [2.24, 2.45) is 5.92 Å². The zero-order valence-corrected chi connectivity index (χ0v) is 11.3. The number of carbonyl (C=O) groups is 1. The maximum absolute atomic E-state index is 11.8. The maximum atomic E-state index is 11.8. The highest BCUT2D eigenvalue weighted by atomic mass is 16.5. The van der Waals surface area contributed by atoms with Crippen molar-refractivity contribution in [3.8, 4) is 0 Å². The van der Waals surface area contributed by atoms with Gasteiger partial charge in [0.25, 0.3) is 5.91 Å². The number of carbonyl (C=O) groups excluding carboxylic acids is 1. The molecule has 2 saturated heterocycles. The molecule has 0 aromatic rings. The molecule has 0 bridgehead atoms. The Labute approximate surface area is 109 Å². The summed E-state index contributed by atoms with van der Waals surface area (Å²) in [4.78, 5) is 14.2. The summed E-state index contributed by atoms with van der Waals surface area (Å²) >= 11 is 0. The van der Waals surface area contributed by atoms with Crippen molar-refractivity contribution in [2.75, 3.05) is 45.9 Å². The number of piperidine rings is 1. The van der Waals surface area contributed by atoms with Crippen LogP contribution < -0.4 is 10.6 Å². The standard InChI is InChI=1S/C13H25N3O2/c1-11-2-6-16(7-3-11)8-4-15-13(17)12-10-14-5-9-18-12/h11-12,14H,2-10H2,1H3,(H,15,17). The van der Waals surface area contributed by atoms with Gasteiger partial charge in [0.05, 0.1) is 6.61 Å². The van der Waals surface area contributed by atoms with E-state index in [1.54, 1.807) is 0 Å². The fraction of sp³-hybridized carbons (Fsp3) is 0.923. The third-order valence-electron chi connectivity index (χ3n) is 3.82. The molecule has 2 aliphatic heterocycles. The van der Waals surface area contributed by atoms with Gasteiger partial charge in [0.2, 0.25) is 0 Å². The van der Waals surface area contributed by atoms with Crippen molar-refractivity contribution >= 4 is 5.91 Å². The first-order valence-corrected chi connectivity index (χ1v) is 7.08. The lowest BCUT2D eigenvalue weighted by Crippen LogP contribution is -2.49. The van der Waals surface area contributed by atoms with Crippen LogP contribution in [-0.2, 0) is 9.53 Å². The molecule has 1 atom stereocenters. The second kappa shape index (κ2) is 7.07. The molecular formula is C13H25N3O2. The fourth-order valence-corrected chi connectivity index (χ4v) is 2.47. The van der Waals surface area contributed by atoms with Crippen LogP contribution in [0.1, 0.15) is 19.8 Å². The molecule has 2 rings (SSSR count). The number of hydrogen-bond acceptors (Lipinski definition) is 4. The molecule has 0 aromatic carbocycles. The van der Waals surface area contributed by atoms with Gasteiger partial charge in [-0.1, -0.05) is 6.92 Å². The van der Waals surface area contributed by atoms with E-state index in [0.717, 1.165) is 25.6 Å². The fourth-order valence-electron chi connectivity index (χ4n) is 2.47. The van der Waals surface area contributed by atoms with Crippen molar-refractivity contribution < 1.29 is 9.53 Å². The Balaban J connectivity index is 1.58. The van der Waals surface area contributed by atoms with Crippen LogP contribution in [0.15, 0.2) is 0 Å². The highest BCUT2D eigenvalue weighted by Gasteiger charge is 2.21. The first-order chi connectivity index (χ1) is 8.75. The normalized spacial score (nSPS) is 27.1. The second-order valence-electron chi connectivity index (χ2n) is 5.38. The summed E-state index contributed by atoms with van der Waals surface area (Å²) in [5.41, 5.74) is 0. The average Bonchev–Trinajstić information content (AvgIpc) is 2.42. The number of rotatable bonds is 4. The molecule has 5 heteroatoms. The van der Waals surface area contributed by atoms with Crippen LogP contribution in [0.25, 0.3) is 0 Å². The zero-order valence-electron chi connectivity index (χ0n) is 11.3. The van der Waals surface area contributed by atoms with E-state index < -0.39 is 0 Å². The number of nitrogens with zero attached hydrogens (tertiary/aromatic N) is 1. The molecule has 0 saturated carbocycles. The van der Waals surface area contributed by atoms with Gasteiger partial charge in [-0.15, -0.1) is 0 Å². The van der Waals surface area contributed by atoms with Crippen LogP contribution in [0.5, 0.6) is 0 Å². The topological polar surface area (TPSA) is 53.6 Å². The molecule has 5 nitrogen and oxygen atoms in total. The van der Waals surface area contributed by atoms with Crippen molar-refractivity contribution in [1.29, 1.82) is 0 Å². The van der Waals surface area contributed by atoms with E-state index in [0.29, 0.717) is 13.2 Å². The molecule has 104 valence electrons. The third kappa shape index (κ3) is 4.23. The van der Waals surface area contributed by atoms with E-state index in [1.165, 1.54) is 25.9 Å². The van der Waals surface area contributed by atoms with Gasteiger partial charge in [0.15, 0.2) is 0 Å². The average molecular weight is 255 g/mol. The van der Waals surface area contributed by atoms with Gasteiger partial charge in [0, 0.05) is 26.2 Å². The summed E-state index contributed by atoms with van der Waals surface area (Å²) in [7, 11) is 0. The van der Waals surface area contributed by atoms with Crippen LogP contribution in [0.3, 0.4) is 0 Å². The Morgan fingerprint density at radius 1 is 1.44 bits per heavy atom. The predicted molar refractivity (Wildman–Crippen MR) is 70.5 cm³/mol. The maximum Gasteiger partial charge on any atom is 0.250 e. The summed E-state index contributed by atoms with van der Waals surface area (Å²) < 4.78 is 5.41. The first-order valence-electron chi connectivity index (χ1n) is 7.08. The zero-order chi connectivity index (χ0) is 12.8. The molecule has 0 aliphatic carbocycles. The van der Waals surface area contributed by atoms with Gasteiger partial charge in [-0.05, 0) is 31.8 Å². The lowest BCUT2D eigenvalue weighted by atomic mass is 9.99. The van der Waals surface area contributed by atoms with Gasteiger partial charge in [-0.2, -0.15) is 0 Å². The Morgan fingerprint density at radius 3 is 2.89 bits per heavy atom. The summed E-state index contributed by atoms with van der Waals surface area (Å²) in [5.74, 6) is 0.880. The predicted octanol–water partition coefficient (Wildman–Crippen LogP) is -0.177. The summed E-state index contributed by atoms with van der Waals surface area (Å²) in [6.07, 6.45) is 2.26. The number of hydrogen-bond donors (Lipinski definition) is 2. The van der Waals surface area contributed by atoms with Crippen molar-refractivity contribution in [2.45, 2.75) is 25.9 Å². The van der Waals surface area contributed by atoms with Crippen LogP contribution in [0, 0.1) is 5.92 Å². The Hall–Kier alpha value is -0.650. The Kier molecular flexibility index (Phi) is 5.41. The lowest BCUT2D eigenvalue weighted by molar-refractivity contribution is -0.134. The molecule has 18 heavy (non-hydrogen) atoms. The largest absolute Gasteiger partial charge is 0.366 e. The number of amides is 1. The van der Waals surface area contributed by atoms with Crippen molar-refractivity contribution in [3.63, 3.8) is 0 Å². The highest BCUT2D eigenvalue weighted by molar-refractivity contribution is 5.81. The quantitative estimate of drug-likeness (QED) is 0.732. The van der Waals surface area contributed by atoms with E-state index in [2.05, 4.69) is 22.5 Å². The van der Waals surface area contributed by atoms with E-state index in [9.17, 15) is 4.79 Å². The molecular weight excluding hydrogens is 230 g/mol. The van der Waals surface area contributed by atoms with Gasteiger partial charge in [0.1, 0.15) is 6.10 Å².